The van der Waals surface area contributed by atoms with Gasteiger partial charge in [-0.25, -0.2) is 13.2 Å². The minimum absolute atomic E-state index is 0.0492. The number of hydrogen-bond donors (Lipinski definition) is 1. The molecule has 0 bridgehead atoms. The van der Waals surface area contributed by atoms with Crippen LogP contribution in [0.3, 0.4) is 0 Å². The topological polar surface area (TPSA) is 74.7 Å². The molecule has 0 atom stereocenters. The summed E-state index contributed by atoms with van der Waals surface area (Å²) in [5.41, 5.74) is 2.55. The molecule has 0 amide bonds. The molecular formula is C16H17NO4S. The van der Waals surface area contributed by atoms with Crippen LogP contribution in [-0.2, 0) is 10.0 Å². The Bertz CT molecular complexity index is 811. The fraction of sp³-hybridized carbons (Fsp3) is 0.188. The molecule has 2 rings (SSSR count). The summed E-state index contributed by atoms with van der Waals surface area (Å²) in [6, 6.07) is 10.7. The zero-order valence-electron chi connectivity index (χ0n) is 12.6. The molecule has 0 aliphatic rings. The van der Waals surface area contributed by atoms with E-state index in [1.165, 1.54) is 35.6 Å². The van der Waals surface area contributed by atoms with Crippen LogP contribution in [0.4, 0.5) is 5.69 Å². The van der Waals surface area contributed by atoms with Crippen LogP contribution in [0.2, 0.25) is 0 Å². The van der Waals surface area contributed by atoms with E-state index >= 15 is 0 Å². The predicted octanol–water partition coefficient (Wildman–Crippen LogP) is 2.83. The minimum Gasteiger partial charge on any atom is -0.478 e. The fourth-order valence-corrected chi connectivity index (χ4v) is 3.48. The number of sulfonamides is 1. The van der Waals surface area contributed by atoms with Gasteiger partial charge in [-0.05, 0) is 49.7 Å². The van der Waals surface area contributed by atoms with E-state index in [0.717, 1.165) is 11.1 Å². The zero-order chi connectivity index (χ0) is 16.5. The lowest BCUT2D eigenvalue weighted by Gasteiger charge is -2.21. The second-order valence-corrected chi connectivity index (χ2v) is 7.06. The van der Waals surface area contributed by atoms with E-state index in [9.17, 15) is 13.2 Å². The number of anilines is 1. The maximum Gasteiger partial charge on any atom is 0.335 e. The Hall–Kier alpha value is -2.34. The highest BCUT2D eigenvalue weighted by Crippen LogP contribution is 2.26. The highest BCUT2D eigenvalue weighted by molar-refractivity contribution is 7.92. The molecule has 0 unspecified atom stereocenters. The highest BCUT2D eigenvalue weighted by Gasteiger charge is 2.22. The van der Waals surface area contributed by atoms with Crippen LogP contribution in [-0.4, -0.2) is 26.5 Å². The lowest BCUT2D eigenvalue weighted by molar-refractivity contribution is 0.0696. The molecule has 0 heterocycles. The van der Waals surface area contributed by atoms with E-state index in [0.29, 0.717) is 5.69 Å². The summed E-state index contributed by atoms with van der Waals surface area (Å²) in [5.74, 6) is -1.09. The largest absolute Gasteiger partial charge is 0.478 e. The Morgan fingerprint density at radius 3 is 2.14 bits per heavy atom. The van der Waals surface area contributed by atoms with Gasteiger partial charge >= 0.3 is 5.97 Å². The summed E-state index contributed by atoms with van der Waals surface area (Å²) in [5, 5.41) is 8.87. The van der Waals surface area contributed by atoms with E-state index in [1.54, 1.807) is 6.07 Å². The molecule has 0 aliphatic heterocycles. The van der Waals surface area contributed by atoms with Gasteiger partial charge in [0.05, 0.1) is 16.1 Å². The molecule has 0 saturated carbocycles. The van der Waals surface area contributed by atoms with Gasteiger partial charge < -0.3 is 5.11 Å². The van der Waals surface area contributed by atoms with Gasteiger partial charge in [0.1, 0.15) is 0 Å². The van der Waals surface area contributed by atoms with Crippen LogP contribution in [0.5, 0.6) is 0 Å². The van der Waals surface area contributed by atoms with Gasteiger partial charge in [-0.2, -0.15) is 0 Å². The Morgan fingerprint density at radius 2 is 1.64 bits per heavy atom. The number of carboxylic acid groups (broad SMARTS) is 1. The van der Waals surface area contributed by atoms with Crippen molar-refractivity contribution in [2.24, 2.45) is 0 Å². The van der Waals surface area contributed by atoms with E-state index < -0.39 is 16.0 Å². The van der Waals surface area contributed by atoms with Crippen molar-refractivity contribution < 1.29 is 18.3 Å². The van der Waals surface area contributed by atoms with Crippen molar-refractivity contribution in [2.75, 3.05) is 11.4 Å². The number of aryl methyl sites for hydroxylation is 2. The van der Waals surface area contributed by atoms with Crippen LogP contribution in [0.25, 0.3) is 0 Å². The highest BCUT2D eigenvalue weighted by atomic mass is 32.2. The molecule has 22 heavy (non-hydrogen) atoms. The zero-order valence-corrected chi connectivity index (χ0v) is 13.4. The van der Waals surface area contributed by atoms with Crippen LogP contribution in [0.1, 0.15) is 21.5 Å². The summed E-state index contributed by atoms with van der Waals surface area (Å²) in [6.07, 6.45) is 0. The van der Waals surface area contributed by atoms with Crippen LogP contribution >= 0.6 is 0 Å². The quantitative estimate of drug-likeness (QED) is 0.940. The number of nitrogens with zero attached hydrogens (tertiary/aromatic N) is 1. The first-order valence-corrected chi connectivity index (χ1v) is 8.07. The molecule has 2 aromatic carbocycles. The molecule has 0 fully saturated rings. The molecule has 116 valence electrons. The average Bonchev–Trinajstić information content (AvgIpc) is 2.46. The first-order valence-electron chi connectivity index (χ1n) is 6.63. The maximum atomic E-state index is 12.6. The van der Waals surface area contributed by atoms with Crippen LogP contribution < -0.4 is 4.31 Å². The Kier molecular flexibility index (Phi) is 4.23. The van der Waals surface area contributed by atoms with Crippen LogP contribution in [0, 0.1) is 13.8 Å². The van der Waals surface area contributed by atoms with Gasteiger partial charge in [0, 0.05) is 7.05 Å². The normalized spacial score (nSPS) is 11.2. The molecule has 2 aromatic rings. The molecule has 1 N–H and O–H groups in total. The Morgan fingerprint density at radius 1 is 1.05 bits per heavy atom. The summed E-state index contributed by atoms with van der Waals surface area (Å²) >= 11 is 0. The van der Waals surface area contributed by atoms with Crippen molar-refractivity contribution in [1.29, 1.82) is 0 Å². The van der Waals surface area contributed by atoms with Crippen molar-refractivity contribution in [1.82, 2.24) is 0 Å². The van der Waals surface area contributed by atoms with E-state index in [-0.39, 0.29) is 10.5 Å². The molecule has 0 aliphatic carbocycles. The molecule has 6 heteroatoms. The third kappa shape index (κ3) is 2.96. The summed E-state index contributed by atoms with van der Waals surface area (Å²) in [4.78, 5) is 10.9. The van der Waals surface area contributed by atoms with Crippen molar-refractivity contribution >= 4 is 21.7 Å². The van der Waals surface area contributed by atoms with Gasteiger partial charge in [0.25, 0.3) is 10.0 Å². The average molecular weight is 319 g/mol. The number of benzene rings is 2. The van der Waals surface area contributed by atoms with Gasteiger partial charge in [0.2, 0.25) is 0 Å². The van der Waals surface area contributed by atoms with E-state index in [2.05, 4.69) is 0 Å². The number of hydrogen-bond acceptors (Lipinski definition) is 3. The third-order valence-electron chi connectivity index (χ3n) is 3.45. The molecule has 5 nitrogen and oxygen atoms in total. The molecule has 0 aromatic heterocycles. The van der Waals surface area contributed by atoms with Crippen molar-refractivity contribution in [2.45, 2.75) is 18.7 Å². The molecular weight excluding hydrogens is 302 g/mol. The fourth-order valence-electron chi connectivity index (χ4n) is 2.22. The van der Waals surface area contributed by atoms with Crippen molar-refractivity contribution in [3.63, 3.8) is 0 Å². The monoisotopic (exact) mass is 319 g/mol. The Labute approximate surface area is 129 Å². The van der Waals surface area contributed by atoms with Crippen LogP contribution in [0.15, 0.2) is 47.4 Å². The number of carboxylic acids is 1. The Balaban J connectivity index is 2.42. The molecule has 0 radical (unpaired) electrons. The number of rotatable bonds is 4. The van der Waals surface area contributed by atoms with Crippen molar-refractivity contribution in [3.8, 4) is 0 Å². The second kappa shape index (κ2) is 5.81. The summed E-state index contributed by atoms with van der Waals surface area (Å²) in [6.45, 7) is 3.79. The van der Waals surface area contributed by atoms with Gasteiger partial charge in [-0.15, -0.1) is 0 Å². The van der Waals surface area contributed by atoms with E-state index in [1.807, 2.05) is 26.0 Å². The summed E-state index contributed by atoms with van der Waals surface area (Å²) in [7, 11) is -2.25. The smallest absolute Gasteiger partial charge is 0.335 e. The van der Waals surface area contributed by atoms with E-state index in [4.69, 9.17) is 5.11 Å². The van der Waals surface area contributed by atoms with Crippen molar-refractivity contribution in [3.05, 3.63) is 59.2 Å². The molecule has 0 spiro atoms. The first kappa shape index (κ1) is 16.0. The minimum atomic E-state index is -3.73. The molecule has 0 saturated heterocycles. The SMILES string of the molecule is Cc1ccc(N(C)S(=O)(=O)c2ccc(C(=O)O)cc2)c(C)c1. The third-order valence-corrected chi connectivity index (χ3v) is 5.24. The standard InChI is InChI=1S/C16H17NO4S/c1-11-4-9-15(12(2)10-11)17(3)22(20,21)14-7-5-13(6-8-14)16(18)19/h4-10H,1-3H3,(H,18,19). The lowest BCUT2D eigenvalue weighted by Crippen LogP contribution is -2.27. The van der Waals surface area contributed by atoms with Gasteiger partial charge in [-0.1, -0.05) is 17.7 Å². The second-order valence-electron chi connectivity index (χ2n) is 5.09. The number of aromatic carboxylic acids is 1. The maximum absolute atomic E-state index is 12.6. The summed E-state index contributed by atoms with van der Waals surface area (Å²) < 4.78 is 26.5. The lowest BCUT2D eigenvalue weighted by atomic mass is 10.1. The first-order chi connectivity index (χ1) is 10.2. The predicted molar refractivity (Wildman–Crippen MR) is 84.9 cm³/mol. The van der Waals surface area contributed by atoms with Gasteiger partial charge in [-0.3, -0.25) is 4.31 Å². The van der Waals surface area contributed by atoms with Gasteiger partial charge in [0.15, 0.2) is 0 Å². The number of carbonyl (C=O) groups is 1.